The molecule has 2 aromatic rings. The minimum Gasteiger partial charge on any atom is -0.434 e. The Labute approximate surface area is 169 Å². The van der Waals surface area contributed by atoms with E-state index in [0.29, 0.717) is 17.5 Å². The zero-order chi connectivity index (χ0) is 20.6. The summed E-state index contributed by atoms with van der Waals surface area (Å²) >= 11 is 0. The summed E-state index contributed by atoms with van der Waals surface area (Å²) in [4.78, 5) is 15.1. The second kappa shape index (κ2) is 10.3. The van der Waals surface area contributed by atoms with Crippen LogP contribution < -0.4 is 10.1 Å². The molecule has 2 aromatic carbocycles. The molecule has 0 saturated carbocycles. The third-order valence-electron chi connectivity index (χ3n) is 4.92. The summed E-state index contributed by atoms with van der Waals surface area (Å²) in [5.74, 6) is -0.164. The summed E-state index contributed by atoms with van der Waals surface area (Å²) in [5, 5.41) is 2.95. The number of hydrogen-bond donors (Lipinski definition) is 1. The molecule has 1 fully saturated rings. The molecule has 1 aliphatic heterocycles. The minimum atomic E-state index is -2.92. The summed E-state index contributed by atoms with van der Waals surface area (Å²) in [6.07, 6.45) is 0.544. The van der Waals surface area contributed by atoms with Crippen molar-refractivity contribution in [2.24, 2.45) is 0 Å². The summed E-state index contributed by atoms with van der Waals surface area (Å²) in [6.45, 7) is 2.91. The van der Waals surface area contributed by atoms with Crippen LogP contribution in [0.2, 0.25) is 0 Å². The van der Waals surface area contributed by atoms with Gasteiger partial charge in [-0.05, 0) is 30.2 Å². The van der Waals surface area contributed by atoms with Gasteiger partial charge in [0.25, 0.3) is 5.91 Å². The van der Waals surface area contributed by atoms with Crippen LogP contribution in [0.4, 0.5) is 8.78 Å². The SMILES string of the molecule is CCC(NC(=O)c1cccc(CN2CCOCC2)c1)c1ccccc1OC(F)F. The molecule has 1 aliphatic rings. The largest absolute Gasteiger partial charge is 0.434 e. The van der Waals surface area contributed by atoms with E-state index < -0.39 is 12.7 Å². The molecule has 5 nitrogen and oxygen atoms in total. The molecule has 29 heavy (non-hydrogen) atoms. The molecule has 0 spiro atoms. The molecular formula is C22H26F2N2O3. The van der Waals surface area contributed by atoms with Crippen molar-refractivity contribution in [1.82, 2.24) is 10.2 Å². The second-order valence-corrected chi connectivity index (χ2v) is 6.94. The van der Waals surface area contributed by atoms with Gasteiger partial charge in [-0.25, -0.2) is 0 Å². The first kappa shape index (κ1) is 21.2. The Hall–Kier alpha value is -2.51. The zero-order valence-corrected chi connectivity index (χ0v) is 16.4. The van der Waals surface area contributed by atoms with Crippen LogP contribution in [-0.2, 0) is 11.3 Å². The van der Waals surface area contributed by atoms with Crippen LogP contribution in [0.15, 0.2) is 48.5 Å². The Morgan fingerprint density at radius 2 is 1.93 bits per heavy atom. The number of para-hydroxylation sites is 1. The molecule has 0 aliphatic carbocycles. The Balaban J connectivity index is 1.71. The van der Waals surface area contributed by atoms with Gasteiger partial charge in [-0.2, -0.15) is 8.78 Å². The summed E-state index contributed by atoms with van der Waals surface area (Å²) in [7, 11) is 0. The van der Waals surface area contributed by atoms with Gasteiger partial charge >= 0.3 is 6.61 Å². The van der Waals surface area contributed by atoms with Crippen LogP contribution >= 0.6 is 0 Å². The number of carbonyl (C=O) groups excluding carboxylic acids is 1. The fourth-order valence-electron chi connectivity index (χ4n) is 3.44. The number of alkyl halides is 2. The molecule has 3 rings (SSSR count). The first-order chi connectivity index (χ1) is 14.1. The maximum atomic E-state index is 12.8. The lowest BCUT2D eigenvalue weighted by atomic mass is 10.0. The van der Waals surface area contributed by atoms with Crippen molar-refractivity contribution >= 4 is 5.91 Å². The number of morpholine rings is 1. The average molecular weight is 404 g/mol. The van der Waals surface area contributed by atoms with Gasteiger partial charge in [0.1, 0.15) is 5.75 Å². The zero-order valence-electron chi connectivity index (χ0n) is 16.4. The topological polar surface area (TPSA) is 50.8 Å². The maximum Gasteiger partial charge on any atom is 0.387 e. The van der Waals surface area contributed by atoms with Crippen molar-refractivity contribution in [1.29, 1.82) is 0 Å². The van der Waals surface area contributed by atoms with Crippen molar-refractivity contribution in [3.8, 4) is 5.75 Å². The van der Waals surface area contributed by atoms with Crippen LogP contribution in [0.5, 0.6) is 5.75 Å². The third kappa shape index (κ3) is 5.98. The van der Waals surface area contributed by atoms with Gasteiger partial charge in [0.2, 0.25) is 0 Å². The van der Waals surface area contributed by atoms with E-state index in [1.165, 1.54) is 6.07 Å². The first-order valence-electron chi connectivity index (χ1n) is 9.80. The smallest absolute Gasteiger partial charge is 0.387 e. The number of carbonyl (C=O) groups is 1. The summed E-state index contributed by atoms with van der Waals surface area (Å²) in [6, 6.07) is 13.6. The van der Waals surface area contributed by atoms with Crippen molar-refractivity contribution in [3.63, 3.8) is 0 Å². The van der Waals surface area contributed by atoms with E-state index in [4.69, 9.17) is 4.74 Å². The Morgan fingerprint density at radius 1 is 1.17 bits per heavy atom. The lowest BCUT2D eigenvalue weighted by Crippen LogP contribution is -2.35. The highest BCUT2D eigenvalue weighted by molar-refractivity contribution is 5.94. The fourth-order valence-corrected chi connectivity index (χ4v) is 3.44. The van der Waals surface area contributed by atoms with Crippen LogP contribution in [0.25, 0.3) is 0 Å². The van der Waals surface area contributed by atoms with E-state index in [0.717, 1.165) is 38.4 Å². The predicted molar refractivity (Wildman–Crippen MR) is 106 cm³/mol. The summed E-state index contributed by atoms with van der Waals surface area (Å²) < 4.78 is 35.4. The van der Waals surface area contributed by atoms with E-state index >= 15 is 0 Å². The van der Waals surface area contributed by atoms with E-state index in [1.807, 2.05) is 25.1 Å². The predicted octanol–water partition coefficient (Wildman–Crippen LogP) is 4.00. The number of benzene rings is 2. The van der Waals surface area contributed by atoms with E-state index in [-0.39, 0.29) is 11.7 Å². The molecule has 0 aromatic heterocycles. The van der Waals surface area contributed by atoms with Gasteiger partial charge < -0.3 is 14.8 Å². The molecule has 1 atom stereocenters. The van der Waals surface area contributed by atoms with E-state index in [1.54, 1.807) is 24.3 Å². The number of ether oxygens (including phenoxy) is 2. The molecule has 1 unspecified atom stereocenters. The van der Waals surface area contributed by atoms with Gasteiger partial charge in [-0.1, -0.05) is 37.3 Å². The van der Waals surface area contributed by atoms with Crippen LogP contribution in [-0.4, -0.2) is 43.7 Å². The monoisotopic (exact) mass is 404 g/mol. The van der Waals surface area contributed by atoms with Gasteiger partial charge in [0.05, 0.1) is 19.3 Å². The molecule has 1 N–H and O–H groups in total. The lowest BCUT2D eigenvalue weighted by Gasteiger charge is -2.26. The van der Waals surface area contributed by atoms with Crippen molar-refractivity contribution in [2.75, 3.05) is 26.3 Å². The van der Waals surface area contributed by atoms with E-state index in [2.05, 4.69) is 15.0 Å². The van der Waals surface area contributed by atoms with Crippen molar-refractivity contribution in [3.05, 3.63) is 65.2 Å². The lowest BCUT2D eigenvalue weighted by molar-refractivity contribution is -0.0506. The minimum absolute atomic E-state index is 0.0794. The highest BCUT2D eigenvalue weighted by atomic mass is 19.3. The fraction of sp³-hybridized carbons (Fsp3) is 0.409. The molecule has 0 bridgehead atoms. The molecule has 1 saturated heterocycles. The molecule has 0 radical (unpaired) electrons. The molecular weight excluding hydrogens is 378 g/mol. The number of nitrogens with one attached hydrogen (secondary N) is 1. The van der Waals surface area contributed by atoms with Gasteiger partial charge in [0.15, 0.2) is 0 Å². The average Bonchev–Trinajstić information content (AvgIpc) is 2.73. The summed E-state index contributed by atoms with van der Waals surface area (Å²) in [5.41, 5.74) is 2.13. The standard InChI is InChI=1S/C22H26F2N2O3/c1-2-19(18-8-3-4-9-20(18)29-22(23)24)25-21(27)17-7-5-6-16(14-17)15-26-10-12-28-13-11-26/h3-9,14,19,22H,2,10-13,15H2,1H3,(H,25,27). The van der Waals surface area contributed by atoms with Gasteiger partial charge in [-0.15, -0.1) is 0 Å². The number of rotatable bonds is 8. The normalized spacial score (nSPS) is 15.9. The van der Waals surface area contributed by atoms with Crippen LogP contribution in [0.1, 0.15) is 40.9 Å². The highest BCUT2D eigenvalue weighted by Crippen LogP contribution is 2.28. The Bertz CT molecular complexity index is 810. The van der Waals surface area contributed by atoms with Crippen molar-refractivity contribution in [2.45, 2.75) is 32.5 Å². The quantitative estimate of drug-likeness (QED) is 0.723. The molecule has 1 heterocycles. The number of halogens is 2. The maximum absolute atomic E-state index is 12.8. The highest BCUT2D eigenvalue weighted by Gasteiger charge is 2.20. The van der Waals surface area contributed by atoms with Crippen molar-refractivity contribution < 1.29 is 23.0 Å². The molecule has 7 heteroatoms. The number of nitrogens with zero attached hydrogens (tertiary/aromatic N) is 1. The second-order valence-electron chi connectivity index (χ2n) is 6.94. The molecule has 1 amide bonds. The number of hydrogen-bond acceptors (Lipinski definition) is 4. The Kier molecular flexibility index (Phi) is 7.55. The molecule has 156 valence electrons. The third-order valence-corrected chi connectivity index (χ3v) is 4.92. The Morgan fingerprint density at radius 3 is 2.66 bits per heavy atom. The van der Waals surface area contributed by atoms with E-state index in [9.17, 15) is 13.6 Å². The van der Waals surface area contributed by atoms with Crippen LogP contribution in [0, 0.1) is 0 Å². The number of amides is 1. The van der Waals surface area contributed by atoms with Gasteiger partial charge in [-0.3, -0.25) is 9.69 Å². The van der Waals surface area contributed by atoms with Crippen LogP contribution in [0.3, 0.4) is 0 Å². The van der Waals surface area contributed by atoms with Gasteiger partial charge in [0, 0.05) is 30.8 Å². The first-order valence-corrected chi connectivity index (χ1v) is 9.80.